The maximum Gasteiger partial charge on any atom is 0.138 e. The molecule has 0 aliphatic carbocycles. The molecule has 0 amide bonds. The third-order valence-corrected chi connectivity index (χ3v) is 5.28. The first-order valence-electron chi connectivity index (χ1n) is 8.29. The van der Waals surface area contributed by atoms with E-state index in [1.807, 2.05) is 13.0 Å². The highest BCUT2D eigenvalue weighted by atomic mass is 79.9. The van der Waals surface area contributed by atoms with E-state index in [2.05, 4.69) is 50.5 Å². The highest BCUT2D eigenvalue weighted by molar-refractivity contribution is 9.10. The molecular weight excluding hydrogens is 368 g/mol. The molecule has 0 saturated carbocycles. The van der Waals surface area contributed by atoms with E-state index in [4.69, 9.17) is 4.74 Å². The molecule has 0 unspecified atom stereocenters. The summed E-state index contributed by atoms with van der Waals surface area (Å²) in [5, 5.41) is 13.5. The molecule has 3 rings (SSSR count). The topological polar surface area (TPSA) is 54.4 Å². The Balaban J connectivity index is 1.73. The van der Waals surface area contributed by atoms with Crippen molar-refractivity contribution in [1.29, 1.82) is 0 Å². The molecule has 1 fully saturated rings. The number of nitrogens with one attached hydrogen (secondary N) is 1. The quantitative estimate of drug-likeness (QED) is 0.816. The van der Waals surface area contributed by atoms with Gasteiger partial charge in [0.05, 0.1) is 5.69 Å². The number of aromatic nitrogens is 1. The summed E-state index contributed by atoms with van der Waals surface area (Å²) in [6.07, 6.45) is 1.99. The molecule has 2 aromatic rings. The van der Waals surface area contributed by atoms with Crippen LogP contribution < -0.4 is 5.32 Å². The molecule has 2 N–H and O–H groups in total. The predicted molar refractivity (Wildman–Crippen MR) is 98.2 cm³/mol. The van der Waals surface area contributed by atoms with Crippen LogP contribution in [0.15, 0.2) is 40.9 Å². The summed E-state index contributed by atoms with van der Waals surface area (Å²) in [4.78, 5) is 4.42. The van der Waals surface area contributed by atoms with Gasteiger partial charge in [-0.1, -0.05) is 28.1 Å². The van der Waals surface area contributed by atoms with Crippen LogP contribution >= 0.6 is 15.9 Å². The number of aryl methyl sites for hydroxylation is 1. The lowest BCUT2D eigenvalue weighted by atomic mass is 9.74. The van der Waals surface area contributed by atoms with Gasteiger partial charge in [-0.2, -0.15) is 0 Å². The average molecular weight is 391 g/mol. The smallest absolute Gasteiger partial charge is 0.138 e. The Hall–Kier alpha value is -1.43. The number of hydrogen-bond acceptors (Lipinski definition) is 4. The predicted octanol–water partition coefficient (Wildman–Crippen LogP) is 3.70. The van der Waals surface area contributed by atoms with E-state index in [0.717, 1.165) is 42.8 Å². The Morgan fingerprint density at radius 3 is 2.58 bits per heavy atom. The molecule has 0 atom stereocenters. The first-order chi connectivity index (χ1) is 11.6. The van der Waals surface area contributed by atoms with Crippen LogP contribution in [0.1, 0.15) is 29.8 Å². The zero-order valence-corrected chi connectivity index (χ0v) is 15.5. The normalized spacial score (nSPS) is 16.9. The highest BCUT2D eigenvalue weighted by Gasteiger charge is 2.34. The summed E-state index contributed by atoms with van der Waals surface area (Å²) in [5.74, 6) is 0.248. The first-order valence-corrected chi connectivity index (χ1v) is 9.08. The minimum atomic E-state index is 0.0679. The van der Waals surface area contributed by atoms with E-state index in [-0.39, 0.29) is 11.2 Å². The molecule has 1 aliphatic rings. The number of benzene rings is 1. The Morgan fingerprint density at radius 1 is 1.17 bits per heavy atom. The molecule has 0 radical (unpaired) electrons. The van der Waals surface area contributed by atoms with Crippen LogP contribution in [0.3, 0.4) is 0 Å². The third-order valence-electron chi connectivity index (χ3n) is 4.75. The van der Waals surface area contributed by atoms with Crippen molar-refractivity contribution in [2.75, 3.05) is 19.8 Å². The molecular formula is C19H23BrN2O2. The minimum Gasteiger partial charge on any atom is -0.506 e. The molecule has 2 heterocycles. The average Bonchev–Trinajstić information content (AvgIpc) is 2.59. The number of aromatic hydroxyl groups is 1. The van der Waals surface area contributed by atoms with Crippen molar-refractivity contribution in [3.8, 4) is 5.75 Å². The van der Waals surface area contributed by atoms with Gasteiger partial charge in [-0.15, -0.1) is 0 Å². The van der Waals surface area contributed by atoms with E-state index in [1.54, 1.807) is 6.07 Å². The second-order valence-corrected chi connectivity index (χ2v) is 7.34. The number of hydrogen-bond donors (Lipinski definition) is 2. The molecule has 4 nitrogen and oxygen atoms in total. The van der Waals surface area contributed by atoms with Crippen LogP contribution in [0.2, 0.25) is 0 Å². The fraction of sp³-hybridized carbons (Fsp3) is 0.421. The standard InChI is InChI=1S/C19H23BrN2O2/c1-14-2-7-18(23)17(22-14)12-21-13-19(8-10-24-11-9-19)15-3-5-16(20)6-4-15/h2-7,21,23H,8-13H2,1H3. The largest absolute Gasteiger partial charge is 0.506 e. The summed E-state index contributed by atoms with van der Waals surface area (Å²) in [5.41, 5.74) is 3.02. The molecule has 1 aromatic heterocycles. The van der Waals surface area contributed by atoms with Crippen molar-refractivity contribution in [2.45, 2.75) is 31.7 Å². The van der Waals surface area contributed by atoms with E-state index in [9.17, 15) is 5.11 Å². The maximum absolute atomic E-state index is 9.96. The zero-order valence-electron chi connectivity index (χ0n) is 13.9. The second kappa shape index (κ2) is 7.64. The zero-order chi connectivity index (χ0) is 17.0. The molecule has 1 aliphatic heterocycles. The van der Waals surface area contributed by atoms with Gasteiger partial charge in [0, 0.05) is 41.9 Å². The summed E-state index contributed by atoms with van der Waals surface area (Å²) in [7, 11) is 0. The summed E-state index contributed by atoms with van der Waals surface area (Å²) in [6, 6.07) is 12.1. The van der Waals surface area contributed by atoms with E-state index in [0.29, 0.717) is 12.2 Å². The highest BCUT2D eigenvalue weighted by Crippen LogP contribution is 2.35. The summed E-state index contributed by atoms with van der Waals surface area (Å²) >= 11 is 3.51. The Bertz CT molecular complexity index is 682. The second-order valence-electron chi connectivity index (χ2n) is 6.42. The number of pyridine rings is 1. The Morgan fingerprint density at radius 2 is 1.88 bits per heavy atom. The fourth-order valence-electron chi connectivity index (χ4n) is 3.29. The minimum absolute atomic E-state index is 0.0679. The van der Waals surface area contributed by atoms with Crippen molar-refractivity contribution in [2.24, 2.45) is 0 Å². The molecule has 1 aromatic carbocycles. The lowest BCUT2D eigenvalue weighted by Crippen LogP contribution is -2.42. The van der Waals surface area contributed by atoms with Gasteiger partial charge >= 0.3 is 0 Å². The van der Waals surface area contributed by atoms with E-state index < -0.39 is 0 Å². The summed E-state index contributed by atoms with van der Waals surface area (Å²) in [6.45, 7) is 4.90. The molecule has 0 spiro atoms. The SMILES string of the molecule is Cc1ccc(O)c(CNCC2(c3ccc(Br)cc3)CCOCC2)n1. The van der Waals surface area contributed by atoms with Gasteiger partial charge in [0.15, 0.2) is 0 Å². The van der Waals surface area contributed by atoms with Crippen molar-refractivity contribution < 1.29 is 9.84 Å². The van der Waals surface area contributed by atoms with Crippen molar-refractivity contribution in [3.05, 3.63) is 57.8 Å². The maximum atomic E-state index is 9.96. The summed E-state index contributed by atoms with van der Waals surface area (Å²) < 4.78 is 6.67. The van der Waals surface area contributed by atoms with Gasteiger partial charge in [-0.05, 0) is 49.6 Å². The van der Waals surface area contributed by atoms with Crippen molar-refractivity contribution in [3.63, 3.8) is 0 Å². The van der Waals surface area contributed by atoms with Crippen molar-refractivity contribution >= 4 is 15.9 Å². The Labute approximate surface area is 151 Å². The lowest BCUT2D eigenvalue weighted by molar-refractivity contribution is 0.0497. The number of ether oxygens (including phenoxy) is 1. The lowest BCUT2D eigenvalue weighted by Gasteiger charge is -2.38. The van der Waals surface area contributed by atoms with Crippen LogP contribution in [0.25, 0.3) is 0 Å². The number of rotatable bonds is 5. The van der Waals surface area contributed by atoms with Crippen LogP contribution in [-0.4, -0.2) is 29.8 Å². The molecule has 24 heavy (non-hydrogen) atoms. The molecule has 0 bridgehead atoms. The number of halogens is 1. The molecule has 1 saturated heterocycles. The van der Waals surface area contributed by atoms with Gasteiger partial charge in [0.25, 0.3) is 0 Å². The van der Waals surface area contributed by atoms with Crippen LogP contribution in [0, 0.1) is 6.92 Å². The van der Waals surface area contributed by atoms with Gasteiger partial charge in [0.2, 0.25) is 0 Å². The first kappa shape index (κ1) is 17.4. The van der Waals surface area contributed by atoms with E-state index >= 15 is 0 Å². The van der Waals surface area contributed by atoms with Crippen LogP contribution in [-0.2, 0) is 16.7 Å². The van der Waals surface area contributed by atoms with Gasteiger partial charge in [0.1, 0.15) is 5.75 Å². The number of nitrogens with zero attached hydrogens (tertiary/aromatic N) is 1. The van der Waals surface area contributed by atoms with Gasteiger partial charge in [-0.25, -0.2) is 0 Å². The van der Waals surface area contributed by atoms with Crippen LogP contribution in [0.5, 0.6) is 5.75 Å². The van der Waals surface area contributed by atoms with Gasteiger partial charge < -0.3 is 15.2 Å². The van der Waals surface area contributed by atoms with E-state index in [1.165, 1.54) is 5.56 Å². The monoisotopic (exact) mass is 390 g/mol. The third kappa shape index (κ3) is 3.97. The molecule has 128 valence electrons. The molecule has 5 heteroatoms. The fourth-order valence-corrected chi connectivity index (χ4v) is 3.55. The van der Waals surface area contributed by atoms with Gasteiger partial charge in [-0.3, -0.25) is 4.98 Å². The van der Waals surface area contributed by atoms with Crippen molar-refractivity contribution in [1.82, 2.24) is 10.3 Å². The van der Waals surface area contributed by atoms with Crippen LogP contribution in [0.4, 0.5) is 0 Å². The Kier molecular flexibility index (Phi) is 5.54.